The highest BCUT2D eigenvalue weighted by Crippen LogP contribution is 2.25. The van der Waals surface area contributed by atoms with Crippen LogP contribution >= 0.6 is 11.8 Å². The molecule has 0 spiro atoms. The van der Waals surface area contributed by atoms with Crippen LogP contribution in [0.15, 0.2) is 29.2 Å². The molecule has 0 radical (unpaired) electrons. The minimum absolute atomic E-state index is 0.0467. The Balaban J connectivity index is 1.43. The molecule has 0 aromatic heterocycles. The van der Waals surface area contributed by atoms with Gasteiger partial charge in [-0.2, -0.15) is 0 Å². The van der Waals surface area contributed by atoms with E-state index in [2.05, 4.69) is 22.2 Å². The van der Waals surface area contributed by atoms with Crippen molar-refractivity contribution in [3.05, 3.63) is 29.8 Å². The van der Waals surface area contributed by atoms with Gasteiger partial charge in [0.2, 0.25) is 5.91 Å². The lowest BCUT2D eigenvalue weighted by molar-refractivity contribution is -0.129. The van der Waals surface area contributed by atoms with E-state index in [1.54, 1.807) is 0 Å². The molecule has 1 heterocycles. The number of rotatable bonds is 9. The Morgan fingerprint density at radius 2 is 1.81 bits per heavy atom. The van der Waals surface area contributed by atoms with Gasteiger partial charge in [-0.1, -0.05) is 31.4 Å². The topological polar surface area (TPSA) is 55.9 Å². The van der Waals surface area contributed by atoms with Crippen molar-refractivity contribution in [3.63, 3.8) is 0 Å². The Morgan fingerprint density at radius 1 is 1.10 bits per heavy atom. The van der Waals surface area contributed by atoms with Crippen LogP contribution < -0.4 is 5.32 Å². The Labute approximate surface area is 191 Å². The molecule has 172 valence electrons. The summed E-state index contributed by atoms with van der Waals surface area (Å²) in [4.78, 5) is 33.0. The van der Waals surface area contributed by atoms with Crippen molar-refractivity contribution in [1.82, 2.24) is 20.0 Å². The fourth-order valence-corrected chi connectivity index (χ4v) is 5.34. The van der Waals surface area contributed by atoms with E-state index in [9.17, 15) is 9.59 Å². The van der Waals surface area contributed by atoms with Crippen molar-refractivity contribution < 1.29 is 9.59 Å². The maximum Gasteiger partial charge on any atom is 0.252 e. The Kier molecular flexibility index (Phi) is 9.68. The van der Waals surface area contributed by atoms with Crippen LogP contribution in [0.1, 0.15) is 48.9 Å². The summed E-state index contributed by atoms with van der Waals surface area (Å²) in [6.45, 7) is 6.14. The van der Waals surface area contributed by atoms with E-state index in [-0.39, 0.29) is 11.8 Å². The molecule has 0 atom stereocenters. The molecule has 0 unspecified atom stereocenters. The molecule has 1 aromatic rings. The molecule has 0 bridgehead atoms. The van der Waals surface area contributed by atoms with Gasteiger partial charge in [0.15, 0.2) is 0 Å². The molecule has 1 N–H and O–H groups in total. The second kappa shape index (κ2) is 12.5. The third kappa shape index (κ3) is 7.51. The second-order valence-corrected chi connectivity index (χ2v) is 9.85. The first-order chi connectivity index (χ1) is 15.0. The molecule has 7 heteroatoms. The lowest BCUT2D eigenvalue weighted by Crippen LogP contribution is -2.45. The highest BCUT2D eigenvalue weighted by Gasteiger charge is 2.22. The maximum atomic E-state index is 12.7. The van der Waals surface area contributed by atoms with Gasteiger partial charge in [-0.3, -0.25) is 9.59 Å². The van der Waals surface area contributed by atoms with Gasteiger partial charge < -0.3 is 20.0 Å². The molecule has 2 amide bonds. The number of amides is 2. The first-order valence-corrected chi connectivity index (χ1v) is 12.7. The summed E-state index contributed by atoms with van der Waals surface area (Å²) < 4.78 is 0. The van der Waals surface area contributed by atoms with Crippen LogP contribution in [-0.2, 0) is 4.79 Å². The van der Waals surface area contributed by atoms with Crippen molar-refractivity contribution in [2.24, 2.45) is 0 Å². The fraction of sp³-hybridized carbons (Fsp3) is 0.667. The van der Waals surface area contributed by atoms with Gasteiger partial charge in [-0.25, -0.2) is 0 Å². The summed E-state index contributed by atoms with van der Waals surface area (Å²) in [6.07, 6.45) is 6.89. The van der Waals surface area contributed by atoms with E-state index in [1.807, 2.05) is 36.2 Å². The number of thioether (sulfide) groups is 1. The number of hydrogen-bond donors (Lipinski definition) is 1. The average molecular weight is 447 g/mol. The van der Waals surface area contributed by atoms with E-state index >= 15 is 0 Å². The number of benzene rings is 1. The Morgan fingerprint density at radius 3 is 2.55 bits per heavy atom. The molecule has 1 saturated carbocycles. The molecule has 6 nitrogen and oxygen atoms in total. The molecule has 1 aliphatic heterocycles. The van der Waals surface area contributed by atoms with Crippen LogP contribution in [-0.4, -0.2) is 91.7 Å². The largest absolute Gasteiger partial charge is 0.352 e. The van der Waals surface area contributed by atoms with Crippen molar-refractivity contribution in [3.8, 4) is 0 Å². The van der Waals surface area contributed by atoms with Crippen LogP contribution in [0.2, 0.25) is 0 Å². The third-order valence-corrected chi connectivity index (χ3v) is 7.59. The number of carbonyl (C=O) groups excluding carboxylic acids is 2. The number of likely N-dealkylation sites (N-methyl/N-ethyl adjacent to an activating group) is 1. The molecule has 2 fully saturated rings. The number of nitrogens with one attached hydrogen (secondary N) is 1. The first-order valence-electron chi connectivity index (χ1n) is 11.7. The normalized spacial score (nSPS) is 18.6. The van der Waals surface area contributed by atoms with Crippen molar-refractivity contribution in [2.45, 2.75) is 49.5 Å². The van der Waals surface area contributed by atoms with Gasteiger partial charge in [0.05, 0.1) is 11.3 Å². The summed E-state index contributed by atoms with van der Waals surface area (Å²) in [5.41, 5.74) is 0.667. The smallest absolute Gasteiger partial charge is 0.252 e. The van der Waals surface area contributed by atoms with Crippen LogP contribution in [0.25, 0.3) is 0 Å². The Hall–Kier alpha value is -1.57. The summed E-state index contributed by atoms with van der Waals surface area (Å²) >= 11 is 1.47. The third-order valence-electron chi connectivity index (χ3n) is 6.53. The summed E-state index contributed by atoms with van der Waals surface area (Å²) in [5, 5.41) is 3.07. The Bertz CT molecular complexity index is 715. The summed E-state index contributed by atoms with van der Waals surface area (Å²) in [6, 6.07) is 7.99. The summed E-state index contributed by atoms with van der Waals surface area (Å²) in [5.74, 6) is 0.481. The number of carbonyl (C=O) groups is 2. The molecule has 2 aliphatic rings. The van der Waals surface area contributed by atoms with Gasteiger partial charge >= 0.3 is 0 Å². The molecule has 1 aliphatic carbocycles. The lowest BCUT2D eigenvalue weighted by atomic mass is 9.94. The predicted octanol–water partition coefficient (Wildman–Crippen LogP) is 2.94. The monoisotopic (exact) mass is 446 g/mol. The van der Waals surface area contributed by atoms with E-state index < -0.39 is 0 Å². The second-order valence-electron chi connectivity index (χ2n) is 8.84. The van der Waals surface area contributed by atoms with Gasteiger partial charge in [0.25, 0.3) is 5.91 Å². The predicted molar refractivity (Wildman–Crippen MR) is 128 cm³/mol. The molecule has 1 aromatic carbocycles. The number of hydrogen-bond acceptors (Lipinski definition) is 5. The van der Waals surface area contributed by atoms with Crippen LogP contribution in [0.5, 0.6) is 0 Å². The fourth-order valence-electron chi connectivity index (χ4n) is 4.36. The number of piperazine rings is 1. The molecule has 1 saturated heterocycles. The summed E-state index contributed by atoms with van der Waals surface area (Å²) in [7, 11) is 4.09. The number of nitrogens with zero attached hydrogens (tertiary/aromatic N) is 3. The molecule has 31 heavy (non-hydrogen) atoms. The zero-order chi connectivity index (χ0) is 22.1. The van der Waals surface area contributed by atoms with E-state index in [0.717, 1.165) is 56.9 Å². The zero-order valence-corrected chi connectivity index (χ0v) is 20.0. The van der Waals surface area contributed by atoms with E-state index in [1.165, 1.54) is 31.0 Å². The van der Waals surface area contributed by atoms with Gasteiger partial charge in [0, 0.05) is 50.7 Å². The maximum absolute atomic E-state index is 12.7. The van der Waals surface area contributed by atoms with Crippen molar-refractivity contribution in [1.29, 1.82) is 0 Å². The minimum atomic E-state index is -0.0467. The van der Waals surface area contributed by atoms with Gasteiger partial charge in [0.1, 0.15) is 0 Å². The van der Waals surface area contributed by atoms with E-state index in [0.29, 0.717) is 23.9 Å². The standard InChI is InChI=1S/C24H38N4O2S/c1-26-15-17-28(18-16-26)14-8-13-25-24(30)21-11-6-7-12-22(21)31-19-23(29)27(2)20-9-4-3-5-10-20/h6-7,11-12,20H,3-5,8-10,13-19H2,1-2H3,(H,25,30). The van der Waals surface area contributed by atoms with Gasteiger partial charge in [-0.05, 0) is 45.0 Å². The molecular weight excluding hydrogens is 408 g/mol. The first kappa shape index (κ1) is 24.1. The SMILES string of the molecule is CN1CCN(CCCNC(=O)c2ccccc2SCC(=O)N(C)C2CCCCC2)CC1. The molecular formula is C24H38N4O2S. The van der Waals surface area contributed by atoms with Crippen LogP contribution in [0, 0.1) is 0 Å². The highest BCUT2D eigenvalue weighted by molar-refractivity contribution is 8.00. The van der Waals surface area contributed by atoms with Gasteiger partial charge in [-0.15, -0.1) is 11.8 Å². The molecule has 3 rings (SSSR count). The minimum Gasteiger partial charge on any atom is -0.352 e. The van der Waals surface area contributed by atoms with Crippen molar-refractivity contribution in [2.75, 3.05) is 59.1 Å². The average Bonchev–Trinajstić information content (AvgIpc) is 2.81. The van der Waals surface area contributed by atoms with Crippen molar-refractivity contribution >= 4 is 23.6 Å². The van der Waals surface area contributed by atoms with E-state index in [4.69, 9.17) is 0 Å². The van der Waals surface area contributed by atoms with Crippen LogP contribution in [0.4, 0.5) is 0 Å². The highest BCUT2D eigenvalue weighted by atomic mass is 32.2. The zero-order valence-electron chi connectivity index (χ0n) is 19.1. The lowest BCUT2D eigenvalue weighted by Gasteiger charge is -2.32. The van der Waals surface area contributed by atoms with Crippen LogP contribution in [0.3, 0.4) is 0 Å². The quantitative estimate of drug-likeness (QED) is 0.467.